The van der Waals surface area contributed by atoms with Gasteiger partial charge in [0.15, 0.2) is 0 Å². The zero-order chi connectivity index (χ0) is 12.6. The molecular weight excluding hydrogens is 248 g/mol. The van der Waals surface area contributed by atoms with E-state index < -0.39 is 0 Å². The van der Waals surface area contributed by atoms with Crippen LogP contribution in [0.3, 0.4) is 0 Å². The van der Waals surface area contributed by atoms with Gasteiger partial charge in [0.1, 0.15) is 0 Å². The molecule has 0 aromatic carbocycles. The molecule has 2 rings (SSSR count). The minimum Gasteiger partial charge on any atom is -0.355 e. The second-order valence-electron chi connectivity index (χ2n) is 4.44. The summed E-state index contributed by atoms with van der Waals surface area (Å²) in [4.78, 5) is 18.6. The third-order valence-corrected chi connectivity index (χ3v) is 4.38. The van der Waals surface area contributed by atoms with Gasteiger partial charge >= 0.3 is 0 Å². The van der Waals surface area contributed by atoms with Gasteiger partial charge in [0.25, 0.3) is 0 Å². The molecule has 1 aliphatic heterocycles. The molecule has 0 saturated carbocycles. The van der Waals surface area contributed by atoms with E-state index in [4.69, 9.17) is 0 Å². The number of nitrogens with zero attached hydrogens (tertiary/aromatic N) is 1. The number of imidazole rings is 1. The van der Waals surface area contributed by atoms with Crippen LogP contribution in [0.25, 0.3) is 0 Å². The van der Waals surface area contributed by atoms with Gasteiger partial charge in [0.05, 0.1) is 12.1 Å². The maximum atomic E-state index is 11.6. The fourth-order valence-electron chi connectivity index (χ4n) is 1.96. The van der Waals surface area contributed by atoms with E-state index in [9.17, 15) is 4.79 Å². The number of H-pyrrole nitrogens is 1. The topological polar surface area (TPSA) is 69.8 Å². The highest BCUT2D eigenvalue weighted by Gasteiger charge is 2.14. The lowest BCUT2D eigenvalue weighted by molar-refractivity contribution is -0.118. The first-order valence-electron chi connectivity index (χ1n) is 6.41. The molecular formula is C12H20N4OS. The summed E-state index contributed by atoms with van der Waals surface area (Å²) in [5, 5.41) is 6.91. The standard InChI is InChI=1S/C12H20N4OS/c17-12(8-18-11-2-4-13-5-3-11)15-6-1-10-7-14-9-16-10/h7,9,11,13H,1-6,8H2,(H,14,16)(H,15,17). The van der Waals surface area contributed by atoms with Gasteiger partial charge in [-0.3, -0.25) is 4.79 Å². The first kappa shape index (κ1) is 13.4. The molecule has 0 aliphatic carbocycles. The quantitative estimate of drug-likeness (QED) is 0.705. The number of aromatic amines is 1. The van der Waals surface area contributed by atoms with Gasteiger partial charge in [-0.1, -0.05) is 0 Å². The molecule has 18 heavy (non-hydrogen) atoms. The average Bonchev–Trinajstić information content (AvgIpc) is 2.91. The predicted molar refractivity (Wildman–Crippen MR) is 73.7 cm³/mol. The largest absolute Gasteiger partial charge is 0.355 e. The second-order valence-corrected chi connectivity index (χ2v) is 5.73. The molecule has 6 heteroatoms. The molecule has 0 unspecified atom stereocenters. The zero-order valence-electron chi connectivity index (χ0n) is 10.4. The number of hydrogen-bond acceptors (Lipinski definition) is 4. The van der Waals surface area contributed by atoms with Crippen molar-refractivity contribution in [1.82, 2.24) is 20.6 Å². The van der Waals surface area contributed by atoms with Gasteiger partial charge < -0.3 is 15.6 Å². The predicted octanol–water partition coefficient (Wildman–Crippen LogP) is 0.554. The van der Waals surface area contributed by atoms with Crippen LogP contribution < -0.4 is 10.6 Å². The summed E-state index contributed by atoms with van der Waals surface area (Å²) in [6, 6.07) is 0. The first-order valence-corrected chi connectivity index (χ1v) is 7.46. The van der Waals surface area contributed by atoms with Gasteiger partial charge in [-0.15, -0.1) is 11.8 Å². The highest BCUT2D eigenvalue weighted by atomic mass is 32.2. The number of carbonyl (C=O) groups excluding carboxylic acids is 1. The smallest absolute Gasteiger partial charge is 0.230 e. The van der Waals surface area contributed by atoms with Crippen molar-refractivity contribution < 1.29 is 4.79 Å². The molecule has 100 valence electrons. The zero-order valence-corrected chi connectivity index (χ0v) is 11.3. The highest BCUT2D eigenvalue weighted by Crippen LogP contribution is 2.19. The van der Waals surface area contributed by atoms with Crippen molar-refractivity contribution in [3.05, 3.63) is 18.2 Å². The van der Waals surface area contributed by atoms with Crippen molar-refractivity contribution in [2.45, 2.75) is 24.5 Å². The van der Waals surface area contributed by atoms with Crippen molar-refractivity contribution in [2.24, 2.45) is 0 Å². The first-order chi connectivity index (χ1) is 8.84. The van der Waals surface area contributed by atoms with Crippen molar-refractivity contribution in [3.8, 4) is 0 Å². The summed E-state index contributed by atoms with van der Waals surface area (Å²) in [6.07, 6.45) is 6.60. The number of nitrogens with one attached hydrogen (secondary N) is 3. The molecule has 1 aromatic heterocycles. The van der Waals surface area contributed by atoms with Crippen LogP contribution in [0.2, 0.25) is 0 Å². The Kier molecular flexibility index (Phi) is 5.54. The van der Waals surface area contributed by atoms with Crippen LogP contribution in [-0.2, 0) is 11.2 Å². The van der Waals surface area contributed by atoms with Crippen LogP contribution in [0, 0.1) is 0 Å². The fraction of sp³-hybridized carbons (Fsp3) is 0.667. The average molecular weight is 268 g/mol. The molecule has 3 N–H and O–H groups in total. The molecule has 1 fully saturated rings. The molecule has 5 nitrogen and oxygen atoms in total. The molecule has 1 saturated heterocycles. The van der Waals surface area contributed by atoms with Gasteiger partial charge in [0.2, 0.25) is 5.91 Å². The lowest BCUT2D eigenvalue weighted by Crippen LogP contribution is -2.32. The van der Waals surface area contributed by atoms with E-state index in [1.165, 1.54) is 12.8 Å². The van der Waals surface area contributed by atoms with Gasteiger partial charge in [-0.25, -0.2) is 4.98 Å². The Morgan fingerprint density at radius 1 is 1.50 bits per heavy atom. The van der Waals surface area contributed by atoms with Crippen LogP contribution in [0.5, 0.6) is 0 Å². The van der Waals surface area contributed by atoms with Gasteiger partial charge in [-0.2, -0.15) is 0 Å². The van der Waals surface area contributed by atoms with Crippen LogP contribution in [-0.4, -0.2) is 46.5 Å². The van der Waals surface area contributed by atoms with Crippen LogP contribution >= 0.6 is 11.8 Å². The molecule has 2 heterocycles. The minimum atomic E-state index is 0.137. The SMILES string of the molecule is O=C(CSC1CCNCC1)NCCc1cnc[nH]1. The summed E-state index contributed by atoms with van der Waals surface area (Å²) >= 11 is 1.78. The van der Waals surface area contributed by atoms with E-state index >= 15 is 0 Å². The van der Waals surface area contributed by atoms with E-state index in [0.29, 0.717) is 17.5 Å². The summed E-state index contributed by atoms with van der Waals surface area (Å²) in [6.45, 7) is 2.84. The third kappa shape index (κ3) is 4.70. The number of aromatic nitrogens is 2. The minimum absolute atomic E-state index is 0.137. The monoisotopic (exact) mass is 268 g/mol. The number of piperidine rings is 1. The van der Waals surface area contributed by atoms with Crippen LogP contribution in [0.4, 0.5) is 0 Å². The lowest BCUT2D eigenvalue weighted by atomic mass is 10.2. The number of thioether (sulfide) groups is 1. The van der Waals surface area contributed by atoms with Crippen molar-refractivity contribution >= 4 is 17.7 Å². The van der Waals surface area contributed by atoms with E-state index in [2.05, 4.69) is 20.6 Å². The molecule has 1 aromatic rings. The molecule has 1 amide bonds. The van der Waals surface area contributed by atoms with Crippen molar-refractivity contribution in [3.63, 3.8) is 0 Å². The molecule has 0 spiro atoms. The Morgan fingerprint density at radius 3 is 3.06 bits per heavy atom. The third-order valence-electron chi connectivity index (χ3n) is 3.01. The van der Waals surface area contributed by atoms with Crippen LogP contribution in [0.15, 0.2) is 12.5 Å². The Bertz CT molecular complexity index is 349. The van der Waals surface area contributed by atoms with Crippen molar-refractivity contribution in [2.75, 3.05) is 25.4 Å². The number of hydrogen-bond donors (Lipinski definition) is 3. The van der Waals surface area contributed by atoms with Gasteiger partial charge in [-0.05, 0) is 25.9 Å². The Morgan fingerprint density at radius 2 is 2.33 bits per heavy atom. The number of carbonyl (C=O) groups is 1. The fourth-order valence-corrected chi connectivity index (χ4v) is 3.02. The number of amides is 1. The van der Waals surface area contributed by atoms with E-state index in [0.717, 1.165) is 25.2 Å². The Balaban J connectivity index is 1.54. The van der Waals surface area contributed by atoms with Crippen molar-refractivity contribution in [1.29, 1.82) is 0 Å². The number of rotatable bonds is 6. The molecule has 0 bridgehead atoms. The lowest BCUT2D eigenvalue weighted by Gasteiger charge is -2.21. The van der Waals surface area contributed by atoms with Gasteiger partial charge in [0, 0.05) is 30.1 Å². The van der Waals surface area contributed by atoms with E-state index in [1.807, 2.05) is 0 Å². The Hall–Kier alpha value is -1.01. The normalized spacial score (nSPS) is 16.7. The summed E-state index contributed by atoms with van der Waals surface area (Å²) in [5.74, 6) is 0.714. The Labute approximate surface area is 112 Å². The highest BCUT2D eigenvalue weighted by molar-refractivity contribution is 8.00. The molecule has 0 radical (unpaired) electrons. The summed E-state index contributed by atoms with van der Waals surface area (Å²) in [5.41, 5.74) is 1.06. The maximum Gasteiger partial charge on any atom is 0.230 e. The van der Waals surface area contributed by atoms with E-state index in [-0.39, 0.29) is 5.91 Å². The second kappa shape index (κ2) is 7.43. The summed E-state index contributed by atoms with van der Waals surface area (Å²) < 4.78 is 0. The molecule has 1 aliphatic rings. The molecule has 0 atom stereocenters. The van der Waals surface area contributed by atoms with Crippen LogP contribution in [0.1, 0.15) is 18.5 Å². The maximum absolute atomic E-state index is 11.6. The summed E-state index contributed by atoms with van der Waals surface area (Å²) in [7, 11) is 0. The van der Waals surface area contributed by atoms with E-state index in [1.54, 1.807) is 24.3 Å².